The summed E-state index contributed by atoms with van der Waals surface area (Å²) in [5, 5.41) is 0. The summed E-state index contributed by atoms with van der Waals surface area (Å²) in [5.41, 5.74) is 1.39. The second kappa shape index (κ2) is 6.76. The van der Waals surface area contributed by atoms with E-state index in [1.54, 1.807) is 55.6 Å². The molecular weight excluding hydrogens is 322 g/mol. The van der Waals surface area contributed by atoms with E-state index >= 15 is 0 Å². The molecule has 0 saturated heterocycles. The van der Waals surface area contributed by atoms with Crippen LogP contribution in [-0.2, 0) is 16.0 Å². The topological polar surface area (TPSA) is 72.9 Å². The Hall–Kier alpha value is -3.15. The first-order chi connectivity index (χ1) is 12.1. The summed E-state index contributed by atoms with van der Waals surface area (Å²) >= 11 is 0. The third kappa shape index (κ3) is 2.98. The van der Waals surface area contributed by atoms with Crippen molar-refractivity contribution in [2.45, 2.75) is 12.5 Å². The minimum atomic E-state index is -1.02. The number of fused-ring (bicyclic) bond motifs is 1. The van der Waals surface area contributed by atoms with E-state index in [1.165, 1.54) is 7.11 Å². The molecule has 0 radical (unpaired) electrons. The number of hydrogen-bond donors (Lipinski definition) is 0. The first-order valence-corrected chi connectivity index (χ1v) is 7.74. The molecule has 2 aromatic carbocycles. The SMILES string of the molecule is COC(=O)[C@@H](Cc1ccc(OC)cc1)N1C(=O)c2ccccc2C1=O. The van der Waals surface area contributed by atoms with Gasteiger partial charge in [0.15, 0.2) is 0 Å². The smallest absolute Gasteiger partial charge is 0.329 e. The lowest BCUT2D eigenvalue weighted by Crippen LogP contribution is -2.46. The lowest BCUT2D eigenvalue weighted by atomic mass is 10.0. The highest BCUT2D eigenvalue weighted by atomic mass is 16.5. The van der Waals surface area contributed by atoms with E-state index in [0.717, 1.165) is 10.5 Å². The summed E-state index contributed by atoms with van der Waals surface area (Å²) in [7, 11) is 2.80. The van der Waals surface area contributed by atoms with Crippen molar-refractivity contribution in [2.75, 3.05) is 14.2 Å². The van der Waals surface area contributed by atoms with E-state index in [9.17, 15) is 14.4 Å². The predicted octanol–water partition coefficient (Wildman–Crippen LogP) is 2.08. The van der Waals surface area contributed by atoms with Crippen LogP contribution in [0.1, 0.15) is 26.3 Å². The van der Waals surface area contributed by atoms with E-state index in [0.29, 0.717) is 16.9 Å². The second-order valence-electron chi connectivity index (χ2n) is 5.62. The fraction of sp³-hybridized carbons (Fsp3) is 0.211. The van der Waals surface area contributed by atoms with Crippen molar-refractivity contribution in [1.82, 2.24) is 4.90 Å². The van der Waals surface area contributed by atoms with E-state index in [4.69, 9.17) is 9.47 Å². The molecule has 0 saturated carbocycles. The molecule has 0 aromatic heterocycles. The van der Waals surface area contributed by atoms with Gasteiger partial charge in [-0.15, -0.1) is 0 Å². The van der Waals surface area contributed by atoms with Gasteiger partial charge in [0.25, 0.3) is 11.8 Å². The van der Waals surface area contributed by atoms with Crippen molar-refractivity contribution in [1.29, 1.82) is 0 Å². The molecule has 1 atom stereocenters. The fourth-order valence-electron chi connectivity index (χ4n) is 2.89. The highest BCUT2D eigenvalue weighted by Crippen LogP contribution is 2.26. The van der Waals surface area contributed by atoms with Crippen LogP contribution in [0.25, 0.3) is 0 Å². The van der Waals surface area contributed by atoms with Crippen molar-refractivity contribution in [2.24, 2.45) is 0 Å². The third-order valence-electron chi connectivity index (χ3n) is 4.20. The lowest BCUT2D eigenvalue weighted by molar-refractivity contribution is -0.145. The number of methoxy groups -OCH3 is 2. The molecule has 0 fully saturated rings. The summed E-state index contributed by atoms with van der Waals surface area (Å²) in [6, 6.07) is 12.6. The van der Waals surface area contributed by atoms with Crippen LogP contribution in [0.5, 0.6) is 5.75 Å². The largest absolute Gasteiger partial charge is 0.497 e. The predicted molar refractivity (Wildman–Crippen MR) is 89.4 cm³/mol. The van der Waals surface area contributed by atoms with Gasteiger partial charge < -0.3 is 9.47 Å². The van der Waals surface area contributed by atoms with E-state index in [1.807, 2.05) is 0 Å². The molecule has 1 heterocycles. The average molecular weight is 339 g/mol. The van der Waals surface area contributed by atoms with Crippen molar-refractivity contribution >= 4 is 17.8 Å². The van der Waals surface area contributed by atoms with E-state index in [2.05, 4.69) is 0 Å². The number of carbonyl (C=O) groups excluding carboxylic acids is 3. The molecule has 0 N–H and O–H groups in total. The van der Waals surface area contributed by atoms with Gasteiger partial charge in [0.1, 0.15) is 11.8 Å². The zero-order valence-corrected chi connectivity index (χ0v) is 13.9. The summed E-state index contributed by atoms with van der Waals surface area (Å²) in [4.78, 5) is 38.5. The van der Waals surface area contributed by atoms with E-state index in [-0.39, 0.29) is 6.42 Å². The monoisotopic (exact) mass is 339 g/mol. The number of rotatable bonds is 5. The molecule has 0 spiro atoms. The van der Waals surface area contributed by atoms with Gasteiger partial charge in [-0.3, -0.25) is 14.5 Å². The summed E-state index contributed by atoms with van der Waals surface area (Å²) in [6.07, 6.45) is 0.169. The van der Waals surface area contributed by atoms with Gasteiger partial charge in [0.2, 0.25) is 0 Å². The first kappa shape index (κ1) is 16.7. The molecule has 25 heavy (non-hydrogen) atoms. The minimum absolute atomic E-state index is 0.169. The third-order valence-corrected chi connectivity index (χ3v) is 4.20. The van der Waals surface area contributed by atoms with Gasteiger partial charge in [0, 0.05) is 6.42 Å². The van der Waals surface area contributed by atoms with E-state index < -0.39 is 23.8 Å². The highest BCUT2D eigenvalue weighted by Gasteiger charge is 2.43. The Bertz CT molecular complexity index is 793. The Kier molecular flexibility index (Phi) is 4.52. The molecule has 2 amide bonds. The zero-order valence-electron chi connectivity index (χ0n) is 13.9. The normalized spacial score (nSPS) is 14.2. The lowest BCUT2D eigenvalue weighted by Gasteiger charge is -2.24. The van der Waals surface area contributed by atoms with Crippen molar-refractivity contribution < 1.29 is 23.9 Å². The number of carbonyl (C=O) groups is 3. The van der Waals surface area contributed by atoms with Crippen LogP contribution in [0.2, 0.25) is 0 Å². The Morgan fingerprint density at radius 2 is 1.52 bits per heavy atom. The number of ether oxygens (including phenoxy) is 2. The van der Waals surface area contributed by atoms with Gasteiger partial charge >= 0.3 is 5.97 Å². The highest BCUT2D eigenvalue weighted by molar-refractivity contribution is 6.22. The number of imide groups is 1. The van der Waals surface area contributed by atoms with Crippen LogP contribution in [0.4, 0.5) is 0 Å². The Labute approximate surface area is 145 Å². The summed E-state index contributed by atoms with van der Waals surface area (Å²) in [6.45, 7) is 0. The maximum Gasteiger partial charge on any atom is 0.329 e. The quantitative estimate of drug-likeness (QED) is 0.616. The number of esters is 1. The standard InChI is InChI=1S/C19H17NO5/c1-24-13-9-7-12(8-10-13)11-16(19(23)25-2)20-17(21)14-5-3-4-6-15(14)18(20)22/h3-10,16H,11H2,1-2H3/t16-/m1/s1. The molecule has 0 bridgehead atoms. The molecule has 6 heteroatoms. The Morgan fingerprint density at radius 3 is 2.00 bits per heavy atom. The van der Waals surface area contributed by atoms with Crippen molar-refractivity contribution in [3.8, 4) is 5.75 Å². The van der Waals surface area contributed by atoms with Gasteiger partial charge in [0.05, 0.1) is 25.3 Å². The molecule has 128 valence electrons. The molecule has 6 nitrogen and oxygen atoms in total. The molecule has 0 aliphatic carbocycles. The number of benzene rings is 2. The molecule has 3 rings (SSSR count). The number of hydrogen-bond acceptors (Lipinski definition) is 5. The Morgan fingerprint density at radius 1 is 0.960 bits per heavy atom. The number of amides is 2. The number of nitrogens with zero attached hydrogens (tertiary/aromatic N) is 1. The summed E-state index contributed by atoms with van der Waals surface area (Å²) in [5.74, 6) is -0.918. The average Bonchev–Trinajstić information content (AvgIpc) is 2.91. The van der Waals surface area contributed by atoms with Crippen molar-refractivity contribution in [3.05, 3.63) is 65.2 Å². The van der Waals surface area contributed by atoms with Crippen LogP contribution in [-0.4, -0.2) is 42.9 Å². The van der Waals surface area contributed by atoms with Crippen LogP contribution in [0, 0.1) is 0 Å². The molecule has 0 unspecified atom stereocenters. The maximum atomic E-state index is 12.6. The van der Waals surface area contributed by atoms with Crippen molar-refractivity contribution in [3.63, 3.8) is 0 Å². The molecule has 2 aromatic rings. The second-order valence-corrected chi connectivity index (χ2v) is 5.62. The van der Waals surface area contributed by atoms with Crippen LogP contribution < -0.4 is 4.74 Å². The van der Waals surface area contributed by atoms with Crippen LogP contribution >= 0.6 is 0 Å². The van der Waals surface area contributed by atoms with Gasteiger partial charge in [-0.2, -0.15) is 0 Å². The van der Waals surface area contributed by atoms with Gasteiger partial charge in [-0.05, 0) is 29.8 Å². The summed E-state index contributed by atoms with van der Waals surface area (Å²) < 4.78 is 9.94. The molecule has 1 aliphatic heterocycles. The van der Waals surface area contributed by atoms with Crippen LogP contribution in [0.3, 0.4) is 0 Å². The molecule has 1 aliphatic rings. The Balaban J connectivity index is 1.93. The van der Waals surface area contributed by atoms with Gasteiger partial charge in [-0.25, -0.2) is 4.79 Å². The van der Waals surface area contributed by atoms with Crippen LogP contribution in [0.15, 0.2) is 48.5 Å². The minimum Gasteiger partial charge on any atom is -0.497 e. The maximum absolute atomic E-state index is 12.6. The zero-order chi connectivity index (χ0) is 18.0. The first-order valence-electron chi connectivity index (χ1n) is 7.74. The van der Waals surface area contributed by atoms with Gasteiger partial charge in [-0.1, -0.05) is 24.3 Å². The fourth-order valence-corrected chi connectivity index (χ4v) is 2.89. The molecular formula is C19H17NO5.